The third kappa shape index (κ3) is 5.37. The molecule has 1 aromatic heterocycles. The molecule has 0 aromatic carbocycles. The number of nitrogens with one attached hydrogen (secondary N) is 3. The maximum Gasteiger partial charge on any atom is 0.277 e. The molecule has 108 valence electrons. The summed E-state index contributed by atoms with van der Waals surface area (Å²) in [6.45, 7) is 5.27. The molecule has 8 nitrogen and oxygen atoms in total. The van der Waals surface area contributed by atoms with Gasteiger partial charge < -0.3 is 9.84 Å². The zero-order valence-corrected chi connectivity index (χ0v) is 11.9. The fourth-order valence-corrected chi connectivity index (χ4v) is 2.35. The first kappa shape index (κ1) is 15.6. The van der Waals surface area contributed by atoms with Gasteiger partial charge in [-0.15, -0.1) is 0 Å². The van der Waals surface area contributed by atoms with Crippen molar-refractivity contribution in [3.05, 3.63) is 11.8 Å². The fourth-order valence-electron chi connectivity index (χ4n) is 1.22. The molecule has 19 heavy (non-hydrogen) atoms. The standard InChI is InChI=1S/C10H18N4O4S/c1-4-5-11-19(16,17)14-8(3)10(15)12-9-6-7(2)18-13-9/h6,8,11,14H,4-5H2,1-3H3,(H,12,13,15). The van der Waals surface area contributed by atoms with Gasteiger partial charge in [0.15, 0.2) is 5.82 Å². The molecule has 0 aliphatic carbocycles. The average Bonchev–Trinajstić information content (AvgIpc) is 2.71. The summed E-state index contributed by atoms with van der Waals surface area (Å²) in [4.78, 5) is 11.7. The summed E-state index contributed by atoms with van der Waals surface area (Å²) >= 11 is 0. The van der Waals surface area contributed by atoms with Crippen LogP contribution in [0.25, 0.3) is 0 Å². The van der Waals surface area contributed by atoms with Gasteiger partial charge in [-0.1, -0.05) is 12.1 Å². The lowest BCUT2D eigenvalue weighted by Gasteiger charge is -2.13. The van der Waals surface area contributed by atoms with E-state index in [-0.39, 0.29) is 5.82 Å². The normalized spacial score (nSPS) is 13.2. The van der Waals surface area contributed by atoms with Crippen LogP contribution in [-0.4, -0.2) is 32.1 Å². The van der Waals surface area contributed by atoms with Gasteiger partial charge in [-0.05, 0) is 20.3 Å². The zero-order valence-electron chi connectivity index (χ0n) is 11.1. The summed E-state index contributed by atoms with van der Waals surface area (Å²) in [6.07, 6.45) is 0.666. The smallest absolute Gasteiger partial charge is 0.277 e. The Hall–Kier alpha value is -1.45. The second-order valence-corrected chi connectivity index (χ2v) is 5.58. The number of carbonyl (C=O) groups is 1. The predicted octanol–water partition coefficient (Wildman–Crippen LogP) is 0.144. The quantitative estimate of drug-likeness (QED) is 0.661. The van der Waals surface area contributed by atoms with E-state index in [4.69, 9.17) is 4.52 Å². The lowest BCUT2D eigenvalue weighted by molar-refractivity contribution is -0.117. The first-order valence-corrected chi connectivity index (χ1v) is 7.33. The average molecular weight is 290 g/mol. The molecule has 1 unspecified atom stereocenters. The van der Waals surface area contributed by atoms with Crippen LogP contribution in [0, 0.1) is 6.92 Å². The molecular formula is C10H18N4O4S. The highest BCUT2D eigenvalue weighted by Gasteiger charge is 2.20. The number of anilines is 1. The maximum absolute atomic E-state index is 11.7. The second kappa shape index (κ2) is 6.64. The van der Waals surface area contributed by atoms with Crippen molar-refractivity contribution in [2.75, 3.05) is 11.9 Å². The first-order valence-electron chi connectivity index (χ1n) is 5.85. The van der Waals surface area contributed by atoms with E-state index < -0.39 is 22.2 Å². The van der Waals surface area contributed by atoms with Crippen LogP contribution in [0.15, 0.2) is 10.6 Å². The molecule has 1 heterocycles. The van der Waals surface area contributed by atoms with E-state index >= 15 is 0 Å². The molecule has 0 aliphatic rings. The summed E-state index contributed by atoms with van der Waals surface area (Å²) < 4.78 is 32.4. The van der Waals surface area contributed by atoms with Gasteiger partial charge >= 0.3 is 0 Å². The van der Waals surface area contributed by atoms with Crippen LogP contribution in [0.1, 0.15) is 26.0 Å². The Morgan fingerprint density at radius 2 is 2.21 bits per heavy atom. The molecule has 0 saturated carbocycles. The molecule has 0 bridgehead atoms. The van der Waals surface area contributed by atoms with Crippen molar-refractivity contribution in [1.82, 2.24) is 14.6 Å². The van der Waals surface area contributed by atoms with Crippen LogP contribution in [0.4, 0.5) is 5.82 Å². The minimum Gasteiger partial charge on any atom is -0.360 e. The van der Waals surface area contributed by atoms with Gasteiger partial charge in [-0.3, -0.25) is 4.79 Å². The third-order valence-corrected chi connectivity index (χ3v) is 3.39. The molecule has 0 spiro atoms. The van der Waals surface area contributed by atoms with Crippen LogP contribution < -0.4 is 14.8 Å². The summed E-state index contributed by atoms with van der Waals surface area (Å²) in [5.41, 5.74) is 0. The molecule has 1 amide bonds. The molecule has 0 aliphatic heterocycles. The van der Waals surface area contributed by atoms with Gasteiger partial charge in [0, 0.05) is 12.6 Å². The molecule has 1 rings (SSSR count). The highest BCUT2D eigenvalue weighted by atomic mass is 32.2. The lowest BCUT2D eigenvalue weighted by atomic mass is 10.3. The zero-order chi connectivity index (χ0) is 14.5. The van der Waals surface area contributed by atoms with Crippen molar-refractivity contribution in [1.29, 1.82) is 0 Å². The van der Waals surface area contributed by atoms with E-state index in [9.17, 15) is 13.2 Å². The van der Waals surface area contributed by atoms with Crippen molar-refractivity contribution >= 4 is 21.9 Å². The number of aryl methyl sites for hydroxylation is 1. The summed E-state index contributed by atoms with van der Waals surface area (Å²) in [5, 5.41) is 6.03. The molecule has 0 radical (unpaired) electrons. The number of hydrogen-bond donors (Lipinski definition) is 3. The van der Waals surface area contributed by atoms with Gasteiger partial charge in [0.25, 0.3) is 10.2 Å². The monoisotopic (exact) mass is 290 g/mol. The van der Waals surface area contributed by atoms with Crippen LogP contribution in [0.2, 0.25) is 0 Å². The maximum atomic E-state index is 11.7. The highest BCUT2D eigenvalue weighted by molar-refractivity contribution is 7.87. The van der Waals surface area contributed by atoms with Gasteiger partial charge in [-0.25, -0.2) is 4.72 Å². The number of amides is 1. The number of aromatic nitrogens is 1. The van der Waals surface area contributed by atoms with E-state index in [2.05, 4.69) is 19.9 Å². The Morgan fingerprint density at radius 3 is 2.74 bits per heavy atom. The number of hydrogen-bond acceptors (Lipinski definition) is 5. The fraction of sp³-hybridized carbons (Fsp3) is 0.600. The van der Waals surface area contributed by atoms with Crippen molar-refractivity contribution in [2.45, 2.75) is 33.2 Å². The molecule has 1 aromatic rings. The number of carbonyl (C=O) groups excluding carboxylic acids is 1. The van der Waals surface area contributed by atoms with E-state index in [1.807, 2.05) is 6.92 Å². The van der Waals surface area contributed by atoms with Crippen LogP contribution in [0.3, 0.4) is 0 Å². The van der Waals surface area contributed by atoms with Crippen LogP contribution in [-0.2, 0) is 15.0 Å². The lowest BCUT2D eigenvalue weighted by Crippen LogP contribution is -2.46. The minimum absolute atomic E-state index is 0.245. The predicted molar refractivity (Wildman–Crippen MR) is 69.7 cm³/mol. The molecule has 9 heteroatoms. The molecule has 0 fully saturated rings. The molecule has 0 saturated heterocycles. The van der Waals surface area contributed by atoms with Crippen molar-refractivity contribution in [3.8, 4) is 0 Å². The largest absolute Gasteiger partial charge is 0.360 e. The Bertz CT molecular complexity index is 525. The molecule has 1 atom stereocenters. The summed E-state index contributed by atoms with van der Waals surface area (Å²) in [7, 11) is -3.68. The molecule has 3 N–H and O–H groups in total. The van der Waals surface area contributed by atoms with Crippen LogP contribution >= 0.6 is 0 Å². The van der Waals surface area contributed by atoms with Gasteiger partial charge in [-0.2, -0.15) is 13.1 Å². The van der Waals surface area contributed by atoms with Crippen molar-refractivity contribution in [2.24, 2.45) is 0 Å². The number of rotatable bonds is 7. The van der Waals surface area contributed by atoms with Gasteiger partial charge in [0.2, 0.25) is 5.91 Å². The Labute approximate surface area is 112 Å². The SMILES string of the molecule is CCCNS(=O)(=O)NC(C)C(=O)Nc1cc(C)on1. The van der Waals surface area contributed by atoms with Crippen molar-refractivity contribution in [3.63, 3.8) is 0 Å². The van der Waals surface area contributed by atoms with E-state index in [0.29, 0.717) is 18.7 Å². The topological polar surface area (TPSA) is 113 Å². The van der Waals surface area contributed by atoms with E-state index in [0.717, 1.165) is 0 Å². The Morgan fingerprint density at radius 1 is 1.53 bits per heavy atom. The third-order valence-electron chi connectivity index (χ3n) is 2.15. The Kier molecular flexibility index (Phi) is 5.45. The van der Waals surface area contributed by atoms with E-state index in [1.165, 1.54) is 13.0 Å². The van der Waals surface area contributed by atoms with E-state index in [1.54, 1.807) is 6.92 Å². The van der Waals surface area contributed by atoms with Crippen molar-refractivity contribution < 1.29 is 17.7 Å². The highest BCUT2D eigenvalue weighted by Crippen LogP contribution is 2.07. The number of nitrogens with zero attached hydrogens (tertiary/aromatic N) is 1. The molecular weight excluding hydrogens is 272 g/mol. The minimum atomic E-state index is -3.68. The first-order chi connectivity index (χ1) is 8.84. The summed E-state index contributed by atoms with van der Waals surface area (Å²) in [6, 6.07) is 0.611. The summed E-state index contributed by atoms with van der Waals surface area (Å²) in [5.74, 6) is 0.276. The second-order valence-electron chi connectivity index (χ2n) is 4.05. The van der Waals surface area contributed by atoms with Gasteiger partial charge in [0.1, 0.15) is 5.76 Å². The van der Waals surface area contributed by atoms with Gasteiger partial charge in [0.05, 0.1) is 6.04 Å². The Balaban J connectivity index is 2.53. The van der Waals surface area contributed by atoms with Crippen LogP contribution in [0.5, 0.6) is 0 Å².